The molecule has 22 heavy (non-hydrogen) atoms. The summed E-state index contributed by atoms with van der Waals surface area (Å²) in [6.45, 7) is 0. The molecular weight excluding hydrogens is 532 g/mol. The Morgan fingerprint density at radius 3 is 0.955 bits per heavy atom. The maximum atomic E-state index is 2.38. The third-order valence-electron chi connectivity index (χ3n) is 4.41. The summed E-state index contributed by atoms with van der Waals surface area (Å²) in [7, 11) is 0. The second-order valence-electron chi connectivity index (χ2n) is 5.49. The topological polar surface area (TPSA) is 0 Å². The number of benzene rings is 4. The van der Waals surface area contributed by atoms with Gasteiger partial charge in [-0.1, -0.05) is 0 Å². The van der Waals surface area contributed by atoms with Gasteiger partial charge in [0.2, 0.25) is 0 Å². The Hall–Kier alpha value is -0.262. The molecule has 0 N–H and O–H groups in total. The van der Waals surface area contributed by atoms with E-state index >= 15 is 0 Å². The van der Waals surface area contributed by atoms with Gasteiger partial charge in [-0.2, -0.15) is 0 Å². The molecule has 0 nitrogen and oxygen atoms in total. The summed E-state index contributed by atoms with van der Waals surface area (Å²) >= 11 is 2.66. The van der Waals surface area contributed by atoms with Gasteiger partial charge in [0, 0.05) is 0 Å². The van der Waals surface area contributed by atoms with Crippen LogP contribution in [0.3, 0.4) is 0 Å². The van der Waals surface area contributed by atoms with Gasteiger partial charge in [-0.25, -0.2) is 0 Å². The molecular formula is C18H8Se4. The molecule has 104 valence electrons. The van der Waals surface area contributed by atoms with Crippen LogP contribution in [-0.2, 0) is 0 Å². The van der Waals surface area contributed by atoms with E-state index in [2.05, 4.69) is 48.5 Å². The molecule has 0 atom stereocenters. The molecule has 0 spiro atoms. The van der Waals surface area contributed by atoms with Crippen LogP contribution in [0, 0.1) is 0 Å². The van der Waals surface area contributed by atoms with E-state index in [4.69, 9.17) is 0 Å². The minimum absolute atomic E-state index is 0.664. The fourth-order valence-corrected chi connectivity index (χ4v) is 20.7. The summed E-state index contributed by atoms with van der Waals surface area (Å²) in [6, 6.07) is 18.4. The first-order valence-corrected chi connectivity index (χ1v) is 19.1. The van der Waals surface area contributed by atoms with Gasteiger partial charge in [0.15, 0.2) is 0 Å². The summed E-state index contributed by atoms with van der Waals surface area (Å²) in [6.07, 6.45) is 0. The van der Waals surface area contributed by atoms with Crippen LogP contribution in [0.2, 0.25) is 0 Å². The Morgan fingerprint density at radius 2 is 0.682 bits per heavy atom. The van der Waals surface area contributed by atoms with Crippen LogP contribution in [0.15, 0.2) is 48.5 Å². The Kier molecular flexibility index (Phi) is 2.76. The maximum absolute atomic E-state index is 2.38. The molecule has 4 aromatic carbocycles. The van der Waals surface area contributed by atoms with Gasteiger partial charge < -0.3 is 0 Å². The standard InChI is InChI=1S/C18H8Se4/c1-2-6-10-9(5-1)15-13-14-16(10)20-22-18(14)12-8-4-3-7-11(12)17(13)21-19-15/h1-8H. The number of rotatable bonds is 0. The summed E-state index contributed by atoms with van der Waals surface area (Å²) < 4.78 is 6.88. The summed E-state index contributed by atoms with van der Waals surface area (Å²) in [5.41, 5.74) is 0. The summed E-state index contributed by atoms with van der Waals surface area (Å²) in [4.78, 5) is 0. The normalized spacial score (nSPS) is 15.5. The van der Waals surface area contributed by atoms with Crippen LogP contribution < -0.4 is 17.8 Å². The zero-order chi connectivity index (χ0) is 14.3. The fraction of sp³-hybridized carbons (Fsp3) is 0. The van der Waals surface area contributed by atoms with Crippen LogP contribution in [0.4, 0.5) is 0 Å². The molecule has 0 unspecified atom stereocenters. The van der Waals surface area contributed by atoms with Gasteiger partial charge >= 0.3 is 151 Å². The first-order valence-electron chi connectivity index (χ1n) is 7.05. The van der Waals surface area contributed by atoms with Crippen LogP contribution in [0.5, 0.6) is 0 Å². The van der Waals surface area contributed by atoms with Gasteiger partial charge in [0.1, 0.15) is 0 Å². The van der Waals surface area contributed by atoms with Crippen molar-refractivity contribution in [3.8, 4) is 0 Å². The molecule has 0 amide bonds. The molecule has 2 heterocycles. The summed E-state index contributed by atoms with van der Waals surface area (Å²) in [5.74, 6) is 0. The first-order chi connectivity index (χ1) is 10.9. The molecule has 2 aliphatic heterocycles. The number of hydrogen-bond acceptors (Lipinski definition) is 0. The van der Waals surface area contributed by atoms with Crippen molar-refractivity contribution < 1.29 is 0 Å². The Bertz CT molecular complexity index is 955. The molecule has 0 radical (unpaired) electrons. The van der Waals surface area contributed by atoms with Crippen molar-refractivity contribution in [2.45, 2.75) is 0 Å². The third-order valence-corrected chi connectivity index (χ3v) is 18.8. The molecule has 0 saturated carbocycles. The van der Waals surface area contributed by atoms with E-state index in [1.54, 1.807) is 50.2 Å². The molecule has 2 aliphatic rings. The second kappa shape index (κ2) is 4.64. The van der Waals surface area contributed by atoms with E-state index in [9.17, 15) is 0 Å². The molecule has 6 rings (SSSR count). The Balaban J connectivity index is 2.03. The van der Waals surface area contributed by atoms with Gasteiger partial charge in [0.05, 0.1) is 0 Å². The van der Waals surface area contributed by atoms with Crippen molar-refractivity contribution in [3.63, 3.8) is 0 Å². The van der Waals surface area contributed by atoms with Crippen LogP contribution in [-0.4, -0.2) is 52.5 Å². The van der Waals surface area contributed by atoms with Crippen LogP contribution >= 0.6 is 0 Å². The van der Waals surface area contributed by atoms with Gasteiger partial charge in [-0.05, 0) is 0 Å². The predicted molar refractivity (Wildman–Crippen MR) is 101 cm³/mol. The van der Waals surface area contributed by atoms with E-state index in [0.29, 0.717) is 52.5 Å². The summed E-state index contributed by atoms with van der Waals surface area (Å²) in [5, 5.41) is 9.70. The van der Waals surface area contributed by atoms with Crippen LogP contribution in [0.25, 0.3) is 32.3 Å². The zero-order valence-corrected chi connectivity index (χ0v) is 18.1. The predicted octanol–water partition coefficient (Wildman–Crippen LogP) is 0.321. The van der Waals surface area contributed by atoms with Crippen molar-refractivity contribution in [1.29, 1.82) is 0 Å². The minimum atomic E-state index is 0.664. The van der Waals surface area contributed by atoms with Crippen molar-refractivity contribution in [1.82, 2.24) is 0 Å². The second-order valence-corrected chi connectivity index (χ2v) is 17.6. The van der Waals surface area contributed by atoms with Crippen molar-refractivity contribution in [2.24, 2.45) is 0 Å². The van der Waals surface area contributed by atoms with E-state index in [1.807, 2.05) is 0 Å². The molecule has 4 aromatic rings. The van der Waals surface area contributed by atoms with E-state index in [-0.39, 0.29) is 0 Å². The van der Waals surface area contributed by atoms with Crippen LogP contribution in [0.1, 0.15) is 0 Å². The van der Waals surface area contributed by atoms with Crippen molar-refractivity contribution >= 4 is 103 Å². The molecule has 0 saturated heterocycles. The van der Waals surface area contributed by atoms with E-state index < -0.39 is 0 Å². The van der Waals surface area contributed by atoms with Crippen molar-refractivity contribution in [2.75, 3.05) is 0 Å². The number of fused-ring (bicyclic) bond motifs is 6. The average molecular weight is 540 g/mol. The quantitative estimate of drug-likeness (QED) is 0.223. The fourth-order valence-electron chi connectivity index (χ4n) is 3.47. The van der Waals surface area contributed by atoms with Gasteiger partial charge in [-0.15, -0.1) is 0 Å². The first kappa shape index (κ1) is 13.1. The molecule has 0 bridgehead atoms. The average Bonchev–Trinajstić information content (AvgIpc) is 3.19. The van der Waals surface area contributed by atoms with E-state index in [1.165, 1.54) is 0 Å². The van der Waals surface area contributed by atoms with Gasteiger partial charge in [-0.3, -0.25) is 0 Å². The molecule has 4 heteroatoms. The van der Waals surface area contributed by atoms with Gasteiger partial charge in [0.25, 0.3) is 0 Å². The van der Waals surface area contributed by atoms with Crippen molar-refractivity contribution in [3.05, 3.63) is 48.5 Å². The zero-order valence-electron chi connectivity index (χ0n) is 11.3. The molecule has 0 aliphatic carbocycles. The van der Waals surface area contributed by atoms with E-state index in [0.717, 1.165) is 0 Å². The molecule has 0 fully saturated rings. The molecule has 0 aromatic heterocycles. The monoisotopic (exact) mass is 544 g/mol. The third kappa shape index (κ3) is 1.51. The SMILES string of the molecule is c1ccc2c3c4c(c5ccccc5c5c4c(c2c1)[Se][Se]5)[Se][Se]3. The Morgan fingerprint density at radius 1 is 0.409 bits per heavy atom. The Labute approximate surface area is 150 Å². The number of hydrogen-bond donors (Lipinski definition) is 0.